The Balaban J connectivity index is -0.000000139. The molecule has 0 aromatic rings. The smallest absolute Gasteiger partial charge is 0.303 e. The van der Waals surface area contributed by atoms with Crippen molar-refractivity contribution in [1.29, 1.82) is 0 Å². The van der Waals surface area contributed by atoms with Gasteiger partial charge in [0.2, 0.25) is 0 Å². The topological polar surface area (TPSA) is 149 Å². The summed E-state index contributed by atoms with van der Waals surface area (Å²) in [4.78, 5) is 39.0. The summed E-state index contributed by atoms with van der Waals surface area (Å²) in [6.45, 7) is 6.67. The molecule has 0 spiro atoms. The number of rotatable bonds is 8. The molecule has 8 nitrogen and oxygen atoms in total. The molecule has 0 aromatic carbocycles. The molecule has 0 bridgehead atoms. The van der Waals surface area contributed by atoms with Gasteiger partial charge in [-0.3, -0.25) is 19.2 Å². The third-order valence-corrected chi connectivity index (χ3v) is 1.58. The lowest BCUT2D eigenvalue weighted by Crippen LogP contribution is -1.90. The second-order valence-corrected chi connectivity index (χ2v) is 3.96. The SMILES string of the molecule is CCCC(=O)O.CCCC(=O)O.[2H]C([2H])(CC)C(=O)O.[2H]C([2H])(CC)C(=O)O. The van der Waals surface area contributed by atoms with E-state index < -0.39 is 36.6 Å². The second kappa shape index (κ2) is 25.8. The highest BCUT2D eigenvalue weighted by Crippen LogP contribution is 1.83. The molecule has 0 aliphatic rings. The maximum Gasteiger partial charge on any atom is 0.303 e. The van der Waals surface area contributed by atoms with Crippen LogP contribution < -0.4 is 0 Å². The van der Waals surface area contributed by atoms with Crippen LogP contribution in [0.15, 0.2) is 0 Å². The molecule has 0 saturated carbocycles. The molecule has 4 N–H and O–H groups in total. The van der Waals surface area contributed by atoms with Crippen molar-refractivity contribution in [2.75, 3.05) is 0 Å². The minimum atomic E-state index is -2.04. The van der Waals surface area contributed by atoms with Crippen LogP contribution >= 0.6 is 0 Å². The van der Waals surface area contributed by atoms with Gasteiger partial charge >= 0.3 is 23.9 Å². The molecule has 0 heterocycles. The van der Waals surface area contributed by atoms with Gasteiger partial charge in [-0.25, -0.2) is 0 Å². The highest BCUT2D eigenvalue weighted by atomic mass is 16.4. The zero-order valence-electron chi connectivity index (χ0n) is 18.7. The van der Waals surface area contributed by atoms with Crippen LogP contribution in [0, 0.1) is 0 Å². The van der Waals surface area contributed by atoms with Crippen LogP contribution in [0.1, 0.15) is 84.4 Å². The van der Waals surface area contributed by atoms with Gasteiger partial charge in [-0.1, -0.05) is 27.7 Å². The van der Waals surface area contributed by atoms with Crippen molar-refractivity contribution < 1.29 is 45.1 Å². The van der Waals surface area contributed by atoms with Gasteiger partial charge in [0, 0.05) is 31.1 Å². The molecular formula is C16H32O8. The van der Waals surface area contributed by atoms with Gasteiger partial charge in [0.05, 0.1) is 0 Å². The Labute approximate surface area is 149 Å². The molecule has 0 radical (unpaired) electrons. The first-order valence-electron chi connectivity index (χ1n) is 9.45. The molecule has 0 aliphatic carbocycles. The van der Waals surface area contributed by atoms with Crippen molar-refractivity contribution in [3.05, 3.63) is 0 Å². The predicted molar refractivity (Wildman–Crippen MR) is 90.2 cm³/mol. The van der Waals surface area contributed by atoms with Gasteiger partial charge in [0.25, 0.3) is 0 Å². The average molecular weight is 356 g/mol. The molecule has 0 fully saturated rings. The summed E-state index contributed by atoms with van der Waals surface area (Å²) >= 11 is 0. The van der Waals surface area contributed by atoms with Crippen molar-refractivity contribution in [3.63, 3.8) is 0 Å². The Morgan fingerprint density at radius 3 is 0.833 bits per heavy atom. The minimum absolute atomic E-state index is 0.0162. The number of hydrogen-bond acceptors (Lipinski definition) is 4. The Morgan fingerprint density at radius 2 is 0.833 bits per heavy atom. The van der Waals surface area contributed by atoms with Gasteiger partial charge in [-0.15, -0.1) is 0 Å². The van der Waals surface area contributed by atoms with E-state index in [0.29, 0.717) is 12.8 Å². The first-order valence-corrected chi connectivity index (χ1v) is 7.45. The summed E-state index contributed by atoms with van der Waals surface area (Å²) < 4.78 is 26.8. The monoisotopic (exact) mass is 356 g/mol. The van der Waals surface area contributed by atoms with E-state index in [1.807, 2.05) is 13.8 Å². The van der Waals surface area contributed by atoms with Crippen molar-refractivity contribution in [1.82, 2.24) is 0 Å². The van der Waals surface area contributed by atoms with E-state index in [1.165, 1.54) is 13.8 Å². The van der Waals surface area contributed by atoms with E-state index in [9.17, 15) is 19.2 Å². The predicted octanol–water partition coefficient (Wildman–Crippen LogP) is 3.48. The van der Waals surface area contributed by atoms with E-state index in [0.717, 1.165) is 12.8 Å². The largest absolute Gasteiger partial charge is 0.481 e. The van der Waals surface area contributed by atoms with E-state index in [-0.39, 0.29) is 12.8 Å². The number of aliphatic carboxylic acids is 4. The summed E-state index contributed by atoms with van der Waals surface area (Å²) in [5, 5.41) is 32.0. The molecule has 0 rings (SSSR count). The minimum Gasteiger partial charge on any atom is -0.481 e. The molecule has 24 heavy (non-hydrogen) atoms. The van der Waals surface area contributed by atoms with Gasteiger partial charge in [-0.05, 0) is 25.7 Å². The molecule has 0 aliphatic heterocycles. The summed E-state index contributed by atoms with van der Waals surface area (Å²) in [7, 11) is 0. The molecule has 144 valence electrons. The Morgan fingerprint density at radius 1 is 0.583 bits per heavy atom. The lowest BCUT2D eigenvalue weighted by atomic mass is 10.4. The van der Waals surface area contributed by atoms with E-state index in [2.05, 4.69) is 0 Å². The molecule has 0 atom stereocenters. The van der Waals surface area contributed by atoms with E-state index in [1.54, 1.807) is 0 Å². The summed E-state index contributed by atoms with van der Waals surface area (Å²) in [6, 6.07) is 0. The summed E-state index contributed by atoms with van der Waals surface area (Å²) in [6.07, 6.45) is -2.00. The molecule has 0 unspecified atom stereocenters. The van der Waals surface area contributed by atoms with Gasteiger partial charge in [0.15, 0.2) is 0 Å². The van der Waals surface area contributed by atoms with Crippen LogP contribution in [0.4, 0.5) is 0 Å². The average Bonchev–Trinajstić information content (AvgIpc) is 2.56. The van der Waals surface area contributed by atoms with Gasteiger partial charge in [0.1, 0.15) is 0 Å². The number of carboxylic acid groups (broad SMARTS) is 4. The van der Waals surface area contributed by atoms with Crippen molar-refractivity contribution in [2.24, 2.45) is 0 Å². The van der Waals surface area contributed by atoms with Crippen LogP contribution in [0.25, 0.3) is 0 Å². The first-order chi connectivity index (χ1) is 12.5. The van der Waals surface area contributed by atoms with Crippen LogP contribution in [-0.4, -0.2) is 44.3 Å². The third-order valence-electron chi connectivity index (χ3n) is 1.58. The Hall–Kier alpha value is -2.12. The number of carbonyl (C=O) groups is 4. The standard InChI is InChI=1S/4C4H8O2/c4*1-2-3-4(5)6/h4*2-3H2,1H3,(H,5,6)/i2*3D2;;. The lowest BCUT2D eigenvalue weighted by molar-refractivity contribution is -0.138. The van der Waals surface area contributed by atoms with E-state index >= 15 is 0 Å². The fraction of sp³-hybridized carbons (Fsp3) is 0.750. The molecule has 0 amide bonds. The van der Waals surface area contributed by atoms with Crippen LogP contribution in [0.5, 0.6) is 0 Å². The maximum absolute atomic E-state index is 9.88. The molecular weight excluding hydrogens is 320 g/mol. The fourth-order valence-corrected chi connectivity index (χ4v) is 0.730. The molecule has 0 aromatic heterocycles. The zero-order chi connectivity index (χ0) is 23.6. The Bertz CT molecular complexity index is 426. The summed E-state index contributed by atoms with van der Waals surface area (Å²) in [5.74, 6) is -4.20. The third kappa shape index (κ3) is 72.6. The number of carboxylic acids is 4. The van der Waals surface area contributed by atoms with Crippen molar-refractivity contribution in [3.8, 4) is 0 Å². The van der Waals surface area contributed by atoms with Crippen molar-refractivity contribution in [2.45, 2.75) is 79.0 Å². The molecule has 8 heteroatoms. The van der Waals surface area contributed by atoms with Crippen LogP contribution in [0.2, 0.25) is 0 Å². The fourth-order valence-electron chi connectivity index (χ4n) is 0.730. The van der Waals surface area contributed by atoms with Gasteiger partial charge in [-0.2, -0.15) is 0 Å². The van der Waals surface area contributed by atoms with Crippen LogP contribution in [0.3, 0.4) is 0 Å². The molecule has 0 saturated heterocycles. The van der Waals surface area contributed by atoms with Gasteiger partial charge < -0.3 is 20.4 Å². The highest BCUT2D eigenvalue weighted by Gasteiger charge is 1.89. The second-order valence-electron chi connectivity index (χ2n) is 3.96. The van der Waals surface area contributed by atoms with Crippen molar-refractivity contribution >= 4 is 23.9 Å². The summed E-state index contributed by atoms with van der Waals surface area (Å²) in [5.41, 5.74) is 0. The maximum atomic E-state index is 9.88. The quantitative estimate of drug-likeness (QED) is 0.516. The normalized spacial score (nSPS) is 11.8. The van der Waals surface area contributed by atoms with Crippen LogP contribution in [-0.2, 0) is 19.2 Å². The van der Waals surface area contributed by atoms with E-state index in [4.69, 9.17) is 25.9 Å². The number of hydrogen-bond donors (Lipinski definition) is 4. The Kier molecular flexibility index (Phi) is 21.4. The highest BCUT2D eigenvalue weighted by molar-refractivity contribution is 5.67. The lowest BCUT2D eigenvalue weighted by Gasteiger charge is -1.79. The zero-order valence-corrected chi connectivity index (χ0v) is 14.7. The first kappa shape index (κ1) is 19.9.